The molecule has 0 fully saturated rings. The summed E-state index contributed by atoms with van der Waals surface area (Å²) in [5.41, 5.74) is 2.69. The number of alkyl halides is 3. The van der Waals surface area contributed by atoms with Crippen LogP contribution in [0.4, 0.5) is 13.2 Å². The van der Waals surface area contributed by atoms with Crippen molar-refractivity contribution in [1.29, 1.82) is 0 Å². The van der Waals surface area contributed by atoms with Crippen LogP contribution in [0.15, 0.2) is 42.5 Å². The SMILES string of the molecule is Cc1cc(-c2ccc(C(F)(F)F)cc2)ccc1C(O)C(C)C. The van der Waals surface area contributed by atoms with Gasteiger partial charge in [-0.3, -0.25) is 0 Å². The minimum absolute atomic E-state index is 0.107. The summed E-state index contributed by atoms with van der Waals surface area (Å²) in [6, 6.07) is 10.7. The Balaban J connectivity index is 2.32. The summed E-state index contributed by atoms with van der Waals surface area (Å²) in [7, 11) is 0. The molecule has 0 heterocycles. The Morgan fingerprint density at radius 3 is 1.91 bits per heavy atom. The average molecular weight is 308 g/mol. The van der Waals surface area contributed by atoms with E-state index in [4.69, 9.17) is 0 Å². The Morgan fingerprint density at radius 1 is 0.909 bits per heavy atom. The zero-order valence-corrected chi connectivity index (χ0v) is 12.8. The molecule has 118 valence electrons. The maximum atomic E-state index is 12.6. The third-order valence-corrected chi connectivity index (χ3v) is 3.77. The summed E-state index contributed by atoms with van der Waals surface area (Å²) >= 11 is 0. The van der Waals surface area contributed by atoms with Crippen molar-refractivity contribution in [2.24, 2.45) is 5.92 Å². The Bertz CT molecular complexity index is 642. The van der Waals surface area contributed by atoms with Gasteiger partial charge in [0.2, 0.25) is 0 Å². The monoisotopic (exact) mass is 308 g/mol. The van der Waals surface area contributed by atoms with Crippen LogP contribution in [0.3, 0.4) is 0 Å². The Kier molecular flexibility index (Phi) is 4.61. The summed E-state index contributed by atoms with van der Waals surface area (Å²) in [6.07, 6.45) is -4.86. The predicted octanol–water partition coefficient (Wildman–Crippen LogP) is 5.37. The van der Waals surface area contributed by atoms with Crippen molar-refractivity contribution in [2.75, 3.05) is 0 Å². The van der Waals surface area contributed by atoms with Crippen LogP contribution in [0, 0.1) is 12.8 Å². The van der Waals surface area contributed by atoms with Crippen molar-refractivity contribution in [2.45, 2.75) is 33.1 Å². The fourth-order valence-electron chi connectivity index (χ4n) is 2.40. The summed E-state index contributed by atoms with van der Waals surface area (Å²) in [5.74, 6) is 0.107. The number of rotatable bonds is 3. The first-order valence-corrected chi connectivity index (χ1v) is 7.16. The van der Waals surface area contributed by atoms with Crippen LogP contribution in [0.25, 0.3) is 11.1 Å². The van der Waals surface area contributed by atoms with Gasteiger partial charge in [-0.15, -0.1) is 0 Å². The maximum Gasteiger partial charge on any atom is 0.416 e. The van der Waals surface area contributed by atoms with E-state index in [0.29, 0.717) is 0 Å². The third-order valence-electron chi connectivity index (χ3n) is 3.77. The normalized spacial score (nSPS) is 13.5. The molecule has 0 amide bonds. The minimum atomic E-state index is -4.32. The molecule has 1 unspecified atom stereocenters. The van der Waals surface area contributed by atoms with Crippen molar-refractivity contribution in [3.63, 3.8) is 0 Å². The number of aliphatic hydroxyl groups excluding tert-OH is 1. The second-order valence-electron chi connectivity index (χ2n) is 5.84. The van der Waals surface area contributed by atoms with Crippen molar-refractivity contribution in [3.05, 3.63) is 59.2 Å². The van der Waals surface area contributed by atoms with E-state index in [2.05, 4.69) is 0 Å². The topological polar surface area (TPSA) is 20.2 Å². The molecule has 0 saturated heterocycles. The molecule has 0 aliphatic rings. The highest BCUT2D eigenvalue weighted by Crippen LogP contribution is 2.32. The van der Waals surface area contributed by atoms with Crippen LogP contribution in [-0.2, 0) is 6.18 Å². The van der Waals surface area contributed by atoms with Crippen LogP contribution >= 0.6 is 0 Å². The first-order chi connectivity index (χ1) is 10.2. The highest BCUT2D eigenvalue weighted by atomic mass is 19.4. The van der Waals surface area contributed by atoms with Crippen molar-refractivity contribution < 1.29 is 18.3 Å². The summed E-state index contributed by atoms with van der Waals surface area (Å²) in [6.45, 7) is 5.77. The molecule has 0 saturated carbocycles. The largest absolute Gasteiger partial charge is 0.416 e. The van der Waals surface area contributed by atoms with Gasteiger partial charge in [0.25, 0.3) is 0 Å². The lowest BCUT2D eigenvalue weighted by molar-refractivity contribution is -0.137. The van der Waals surface area contributed by atoms with E-state index in [1.165, 1.54) is 12.1 Å². The average Bonchev–Trinajstić information content (AvgIpc) is 2.45. The van der Waals surface area contributed by atoms with Gasteiger partial charge >= 0.3 is 6.18 Å². The molecule has 1 nitrogen and oxygen atoms in total. The van der Waals surface area contributed by atoms with Crippen LogP contribution in [0.5, 0.6) is 0 Å². The summed E-state index contributed by atoms with van der Waals surface area (Å²) < 4.78 is 37.7. The molecule has 2 aromatic carbocycles. The molecule has 0 aliphatic carbocycles. The van der Waals surface area contributed by atoms with E-state index >= 15 is 0 Å². The molecule has 2 aromatic rings. The number of benzene rings is 2. The van der Waals surface area contributed by atoms with E-state index in [1.807, 2.05) is 39.0 Å². The molecule has 2 rings (SSSR count). The molecular formula is C18H19F3O. The van der Waals surface area contributed by atoms with Crippen molar-refractivity contribution in [3.8, 4) is 11.1 Å². The van der Waals surface area contributed by atoms with E-state index in [9.17, 15) is 18.3 Å². The fourth-order valence-corrected chi connectivity index (χ4v) is 2.40. The van der Waals surface area contributed by atoms with Crippen LogP contribution in [0.2, 0.25) is 0 Å². The number of aliphatic hydroxyl groups is 1. The highest BCUT2D eigenvalue weighted by Gasteiger charge is 2.30. The van der Waals surface area contributed by atoms with E-state index < -0.39 is 17.8 Å². The lowest BCUT2D eigenvalue weighted by atomic mass is 9.92. The molecule has 0 aromatic heterocycles. The summed E-state index contributed by atoms with van der Waals surface area (Å²) in [4.78, 5) is 0. The zero-order chi connectivity index (χ0) is 16.5. The van der Waals surface area contributed by atoms with Crippen molar-refractivity contribution >= 4 is 0 Å². The van der Waals surface area contributed by atoms with Crippen molar-refractivity contribution in [1.82, 2.24) is 0 Å². The molecule has 22 heavy (non-hydrogen) atoms. The zero-order valence-electron chi connectivity index (χ0n) is 12.8. The van der Waals surface area contributed by atoms with E-state index in [1.54, 1.807) is 0 Å². The number of aryl methyl sites for hydroxylation is 1. The third kappa shape index (κ3) is 3.50. The first kappa shape index (κ1) is 16.6. The Morgan fingerprint density at radius 2 is 1.45 bits per heavy atom. The standard InChI is InChI=1S/C18H19F3O/c1-11(2)17(22)16-9-6-14(10-12(16)3)13-4-7-15(8-5-13)18(19,20)21/h4-11,17,22H,1-3H3. The van der Waals surface area contributed by atoms with Gasteiger partial charge in [0.1, 0.15) is 0 Å². The lowest BCUT2D eigenvalue weighted by Gasteiger charge is -2.18. The quantitative estimate of drug-likeness (QED) is 0.808. The van der Waals surface area contributed by atoms with Crippen LogP contribution in [-0.4, -0.2) is 5.11 Å². The van der Waals surface area contributed by atoms with Gasteiger partial charge in [-0.2, -0.15) is 13.2 Å². The van der Waals surface area contributed by atoms with Gasteiger partial charge in [-0.25, -0.2) is 0 Å². The fraction of sp³-hybridized carbons (Fsp3) is 0.333. The van der Waals surface area contributed by atoms with Crippen LogP contribution < -0.4 is 0 Å². The van der Waals surface area contributed by atoms with Gasteiger partial charge in [-0.1, -0.05) is 44.2 Å². The molecule has 1 atom stereocenters. The predicted molar refractivity (Wildman–Crippen MR) is 81.4 cm³/mol. The van der Waals surface area contributed by atoms with E-state index in [-0.39, 0.29) is 5.92 Å². The van der Waals surface area contributed by atoms with Gasteiger partial charge in [0, 0.05) is 0 Å². The smallest absolute Gasteiger partial charge is 0.388 e. The van der Waals surface area contributed by atoms with Gasteiger partial charge < -0.3 is 5.11 Å². The number of halogens is 3. The van der Waals surface area contributed by atoms with Crippen LogP contribution in [0.1, 0.15) is 36.6 Å². The second-order valence-corrected chi connectivity index (χ2v) is 5.84. The summed E-state index contributed by atoms with van der Waals surface area (Å²) in [5, 5.41) is 10.1. The van der Waals surface area contributed by atoms with Gasteiger partial charge in [-0.05, 0) is 47.2 Å². The minimum Gasteiger partial charge on any atom is -0.388 e. The number of hydrogen-bond acceptors (Lipinski definition) is 1. The molecule has 4 heteroatoms. The second kappa shape index (κ2) is 6.13. The highest BCUT2D eigenvalue weighted by molar-refractivity contribution is 5.65. The molecule has 0 bridgehead atoms. The van der Waals surface area contributed by atoms with Gasteiger partial charge in [0.05, 0.1) is 11.7 Å². The van der Waals surface area contributed by atoms with E-state index in [0.717, 1.165) is 34.4 Å². The molecule has 0 spiro atoms. The molecule has 1 N–H and O–H groups in total. The molecule has 0 radical (unpaired) electrons. The first-order valence-electron chi connectivity index (χ1n) is 7.16. The molecule has 0 aliphatic heterocycles. The van der Waals surface area contributed by atoms with Gasteiger partial charge in [0.15, 0.2) is 0 Å². The number of hydrogen-bond donors (Lipinski definition) is 1. The maximum absolute atomic E-state index is 12.6. The molecular weight excluding hydrogens is 289 g/mol. The lowest BCUT2D eigenvalue weighted by Crippen LogP contribution is -2.07. The Hall–Kier alpha value is -1.81. The Labute approximate surface area is 128 Å².